The Hall–Kier alpha value is -1.57. The van der Waals surface area contributed by atoms with Crippen LogP contribution in [0.5, 0.6) is 0 Å². The normalized spacial score (nSPS) is 10.8. The van der Waals surface area contributed by atoms with E-state index in [1.165, 1.54) is 10.9 Å². The molecule has 0 saturated carbocycles. The maximum Gasteiger partial charge on any atom is 0.134 e. The van der Waals surface area contributed by atoms with Crippen LogP contribution < -0.4 is 0 Å². The molecule has 0 N–H and O–H groups in total. The molecular formula is C13H15NO. The first-order valence-corrected chi connectivity index (χ1v) is 5.28. The predicted molar refractivity (Wildman–Crippen MR) is 62.0 cm³/mol. The molecule has 15 heavy (non-hydrogen) atoms. The molecule has 0 aliphatic rings. The van der Waals surface area contributed by atoms with Gasteiger partial charge in [-0.1, -0.05) is 6.07 Å². The van der Waals surface area contributed by atoms with Crippen molar-refractivity contribution in [1.82, 2.24) is 4.57 Å². The van der Waals surface area contributed by atoms with Crippen LogP contribution in [0, 0.1) is 0 Å². The summed E-state index contributed by atoms with van der Waals surface area (Å²) >= 11 is 0. The molecule has 0 radical (unpaired) electrons. The van der Waals surface area contributed by atoms with Crippen molar-refractivity contribution in [2.45, 2.75) is 26.8 Å². The summed E-state index contributed by atoms with van der Waals surface area (Å²) in [6.45, 7) is 4.74. The van der Waals surface area contributed by atoms with Gasteiger partial charge in [0.2, 0.25) is 0 Å². The van der Waals surface area contributed by atoms with Gasteiger partial charge in [0.25, 0.3) is 0 Å². The highest BCUT2D eigenvalue weighted by Gasteiger charge is 2.02. The molecule has 0 fully saturated rings. The van der Waals surface area contributed by atoms with Crippen molar-refractivity contribution in [1.29, 1.82) is 0 Å². The van der Waals surface area contributed by atoms with Gasteiger partial charge in [-0.2, -0.15) is 0 Å². The van der Waals surface area contributed by atoms with Crippen LogP contribution in [-0.4, -0.2) is 10.4 Å². The fourth-order valence-corrected chi connectivity index (χ4v) is 1.92. The van der Waals surface area contributed by atoms with Gasteiger partial charge < -0.3 is 4.57 Å². The van der Waals surface area contributed by atoms with Crippen LogP contribution >= 0.6 is 0 Å². The highest BCUT2D eigenvalue weighted by Crippen LogP contribution is 2.18. The van der Waals surface area contributed by atoms with Crippen molar-refractivity contribution in [3.8, 4) is 0 Å². The van der Waals surface area contributed by atoms with Crippen molar-refractivity contribution >= 4 is 16.7 Å². The standard InChI is InChI=1S/C13H15NO/c1-3-14-7-6-12-9-11(8-10(2)15)4-5-13(12)14/h4-7,9H,3,8H2,1-2H3. The average Bonchev–Trinajstić information content (AvgIpc) is 2.58. The summed E-state index contributed by atoms with van der Waals surface area (Å²) in [5, 5.41) is 1.22. The van der Waals surface area contributed by atoms with Crippen molar-refractivity contribution in [2.75, 3.05) is 0 Å². The zero-order chi connectivity index (χ0) is 10.8. The van der Waals surface area contributed by atoms with Crippen LogP contribution in [0.3, 0.4) is 0 Å². The molecule has 2 aromatic rings. The van der Waals surface area contributed by atoms with Crippen LogP contribution in [0.2, 0.25) is 0 Å². The van der Waals surface area contributed by atoms with E-state index in [1.54, 1.807) is 6.92 Å². The minimum absolute atomic E-state index is 0.212. The van der Waals surface area contributed by atoms with Gasteiger partial charge in [0.05, 0.1) is 0 Å². The Labute approximate surface area is 89.5 Å². The molecule has 1 heterocycles. The Kier molecular flexibility index (Phi) is 2.58. The van der Waals surface area contributed by atoms with Gasteiger partial charge in [0, 0.05) is 24.7 Å². The third kappa shape index (κ3) is 1.94. The Morgan fingerprint density at radius 3 is 2.80 bits per heavy atom. The number of carbonyl (C=O) groups is 1. The fourth-order valence-electron chi connectivity index (χ4n) is 1.92. The Balaban J connectivity index is 2.44. The first-order chi connectivity index (χ1) is 7.20. The van der Waals surface area contributed by atoms with Crippen LogP contribution in [0.25, 0.3) is 10.9 Å². The molecule has 78 valence electrons. The lowest BCUT2D eigenvalue weighted by Crippen LogP contribution is -1.96. The quantitative estimate of drug-likeness (QED) is 0.748. The van der Waals surface area contributed by atoms with E-state index in [2.05, 4.69) is 35.9 Å². The van der Waals surface area contributed by atoms with Crippen LogP contribution in [0.15, 0.2) is 30.5 Å². The van der Waals surface area contributed by atoms with E-state index in [9.17, 15) is 4.79 Å². The highest BCUT2D eigenvalue weighted by atomic mass is 16.1. The average molecular weight is 201 g/mol. The lowest BCUT2D eigenvalue weighted by molar-refractivity contribution is -0.116. The molecule has 0 spiro atoms. The second-order valence-corrected chi connectivity index (χ2v) is 3.87. The molecule has 0 unspecified atom stereocenters. The lowest BCUT2D eigenvalue weighted by atomic mass is 10.1. The molecule has 2 nitrogen and oxygen atoms in total. The van der Waals surface area contributed by atoms with Crippen LogP contribution in [0.1, 0.15) is 19.4 Å². The van der Waals surface area contributed by atoms with E-state index in [0.717, 1.165) is 12.1 Å². The number of benzene rings is 1. The summed E-state index contributed by atoms with van der Waals surface area (Å²) in [6.07, 6.45) is 2.62. The molecule has 0 aliphatic heterocycles. The van der Waals surface area contributed by atoms with Gasteiger partial charge >= 0.3 is 0 Å². The van der Waals surface area contributed by atoms with Crippen LogP contribution in [-0.2, 0) is 17.8 Å². The van der Waals surface area contributed by atoms with Crippen molar-refractivity contribution in [2.24, 2.45) is 0 Å². The van der Waals surface area contributed by atoms with Gasteiger partial charge in [0.15, 0.2) is 0 Å². The highest BCUT2D eigenvalue weighted by molar-refractivity contribution is 5.83. The van der Waals surface area contributed by atoms with Gasteiger partial charge in [-0.3, -0.25) is 4.79 Å². The summed E-state index contributed by atoms with van der Waals surface area (Å²) in [7, 11) is 0. The van der Waals surface area contributed by atoms with Crippen LogP contribution in [0.4, 0.5) is 0 Å². The number of rotatable bonds is 3. The first-order valence-electron chi connectivity index (χ1n) is 5.28. The Morgan fingerprint density at radius 1 is 1.33 bits per heavy atom. The van der Waals surface area contributed by atoms with E-state index in [4.69, 9.17) is 0 Å². The smallest absolute Gasteiger partial charge is 0.134 e. The van der Waals surface area contributed by atoms with E-state index in [0.29, 0.717) is 6.42 Å². The summed E-state index contributed by atoms with van der Waals surface area (Å²) in [5.74, 6) is 0.212. The SMILES string of the molecule is CCn1ccc2cc(CC(C)=O)ccc21. The lowest BCUT2D eigenvalue weighted by Gasteiger charge is -2.02. The maximum absolute atomic E-state index is 11.0. The molecule has 1 aromatic heterocycles. The molecule has 0 bridgehead atoms. The molecule has 0 aliphatic carbocycles. The number of aromatic nitrogens is 1. The number of hydrogen-bond donors (Lipinski definition) is 0. The van der Waals surface area contributed by atoms with E-state index in [1.807, 2.05) is 6.07 Å². The van der Waals surface area contributed by atoms with Gasteiger partial charge in [-0.15, -0.1) is 0 Å². The molecule has 0 saturated heterocycles. The number of fused-ring (bicyclic) bond motifs is 1. The third-order valence-corrected chi connectivity index (χ3v) is 2.63. The minimum Gasteiger partial charge on any atom is -0.348 e. The second-order valence-electron chi connectivity index (χ2n) is 3.87. The summed E-state index contributed by atoms with van der Waals surface area (Å²) < 4.78 is 2.20. The monoisotopic (exact) mass is 201 g/mol. The second kappa shape index (κ2) is 3.89. The molecule has 0 atom stereocenters. The molecule has 2 heteroatoms. The first kappa shape index (κ1) is 9.97. The van der Waals surface area contributed by atoms with Gasteiger partial charge in [-0.25, -0.2) is 0 Å². The number of ketones is 1. The minimum atomic E-state index is 0.212. The summed E-state index contributed by atoms with van der Waals surface area (Å²) in [4.78, 5) is 11.0. The van der Waals surface area contributed by atoms with Gasteiger partial charge in [-0.05, 0) is 43.0 Å². The number of hydrogen-bond acceptors (Lipinski definition) is 1. The Bertz CT molecular complexity index is 496. The summed E-state index contributed by atoms with van der Waals surface area (Å²) in [6, 6.07) is 8.33. The zero-order valence-corrected chi connectivity index (χ0v) is 9.16. The largest absolute Gasteiger partial charge is 0.348 e. The molecular weight excluding hydrogens is 186 g/mol. The topological polar surface area (TPSA) is 22.0 Å². The maximum atomic E-state index is 11.0. The van der Waals surface area contributed by atoms with Crippen molar-refractivity contribution in [3.63, 3.8) is 0 Å². The third-order valence-electron chi connectivity index (χ3n) is 2.63. The summed E-state index contributed by atoms with van der Waals surface area (Å²) in [5.41, 5.74) is 2.34. The molecule has 0 amide bonds. The van der Waals surface area contributed by atoms with Gasteiger partial charge in [0.1, 0.15) is 5.78 Å². The zero-order valence-electron chi connectivity index (χ0n) is 9.16. The van der Waals surface area contributed by atoms with E-state index < -0.39 is 0 Å². The number of aryl methyl sites for hydroxylation is 1. The number of carbonyl (C=O) groups excluding carboxylic acids is 1. The molecule has 2 rings (SSSR count). The van der Waals surface area contributed by atoms with E-state index in [-0.39, 0.29) is 5.78 Å². The number of Topliss-reactive ketones (excluding diaryl/α,β-unsaturated/α-hetero) is 1. The molecule has 1 aromatic carbocycles. The predicted octanol–water partition coefficient (Wildman–Crippen LogP) is 2.79. The van der Waals surface area contributed by atoms with Crippen molar-refractivity contribution in [3.05, 3.63) is 36.0 Å². The van der Waals surface area contributed by atoms with Crippen molar-refractivity contribution < 1.29 is 4.79 Å². The fraction of sp³-hybridized carbons (Fsp3) is 0.308. The number of nitrogens with zero attached hydrogens (tertiary/aromatic N) is 1. The van der Waals surface area contributed by atoms with E-state index >= 15 is 0 Å². The Morgan fingerprint density at radius 2 is 2.13 bits per heavy atom.